The lowest BCUT2D eigenvalue weighted by atomic mass is 10.1. The van der Waals surface area contributed by atoms with E-state index in [0.29, 0.717) is 6.54 Å². The van der Waals surface area contributed by atoms with Gasteiger partial charge < -0.3 is 15.7 Å². The molecule has 0 radical (unpaired) electrons. The zero-order valence-corrected chi connectivity index (χ0v) is 19.5. The van der Waals surface area contributed by atoms with Crippen molar-refractivity contribution in [1.82, 2.24) is 10.2 Å². The molecule has 0 bridgehead atoms. The van der Waals surface area contributed by atoms with Crippen LogP contribution in [-0.2, 0) is 20.1 Å². The van der Waals surface area contributed by atoms with Crippen LogP contribution in [0.2, 0.25) is 0 Å². The van der Waals surface area contributed by atoms with E-state index in [-0.39, 0.29) is 30.7 Å². The number of hydrogen-bond acceptors (Lipinski definition) is 5. The van der Waals surface area contributed by atoms with E-state index in [1.807, 2.05) is 24.3 Å². The molecule has 1 fully saturated rings. The predicted molar refractivity (Wildman–Crippen MR) is 128 cm³/mol. The van der Waals surface area contributed by atoms with E-state index < -0.39 is 6.04 Å². The number of nitrogens with zero attached hydrogens (tertiary/aromatic N) is 1. The second-order valence-corrected chi connectivity index (χ2v) is 8.79. The number of para-hydroxylation sites is 1. The summed E-state index contributed by atoms with van der Waals surface area (Å²) in [7, 11) is 0. The standard InChI is InChI=1S/C23H29N3O2S.CH2O2/c1-16(2)26-12-11-24-23(28)20(26)14-22(27)25-19-9-4-5-10-21(19)29-15-18-8-6-7-17(3)13-18;2-1-3/h4-10,13,16,20H,11-12,14-15H2,1-3H3,(H,24,28)(H,25,27);1H,(H,2,3). The molecule has 7 nitrogen and oxygen atoms in total. The number of hydrogen-bond donors (Lipinski definition) is 3. The first-order valence-corrected chi connectivity index (χ1v) is 11.5. The number of carbonyl (C=O) groups is 3. The summed E-state index contributed by atoms with van der Waals surface area (Å²) in [4.78, 5) is 36.5. The summed E-state index contributed by atoms with van der Waals surface area (Å²) in [6.45, 7) is 7.35. The summed E-state index contributed by atoms with van der Waals surface area (Å²) in [5.74, 6) is 0.629. The van der Waals surface area contributed by atoms with Crippen LogP contribution < -0.4 is 10.6 Å². The number of amides is 2. The Kier molecular flexibility index (Phi) is 10.2. The summed E-state index contributed by atoms with van der Waals surface area (Å²) < 4.78 is 0. The number of benzene rings is 2. The average molecular weight is 458 g/mol. The van der Waals surface area contributed by atoms with Gasteiger partial charge in [0.1, 0.15) is 0 Å². The van der Waals surface area contributed by atoms with Crippen molar-refractivity contribution in [2.75, 3.05) is 18.4 Å². The van der Waals surface area contributed by atoms with E-state index in [0.717, 1.165) is 22.9 Å². The molecule has 1 unspecified atom stereocenters. The second kappa shape index (κ2) is 12.9. The summed E-state index contributed by atoms with van der Waals surface area (Å²) in [5, 5.41) is 12.8. The highest BCUT2D eigenvalue weighted by molar-refractivity contribution is 7.98. The summed E-state index contributed by atoms with van der Waals surface area (Å²) >= 11 is 1.70. The molecule has 0 spiro atoms. The van der Waals surface area contributed by atoms with Crippen LogP contribution in [0, 0.1) is 6.92 Å². The molecule has 32 heavy (non-hydrogen) atoms. The Morgan fingerprint density at radius 2 is 2.00 bits per heavy atom. The smallest absolute Gasteiger partial charge is 0.290 e. The average Bonchev–Trinajstić information content (AvgIpc) is 2.75. The molecule has 8 heteroatoms. The van der Waals surface area contributed by atoms with Crippen molar-refractivity contribution < 1.29 is 19.5 Å². The molecule has 0 aromatic heterocycles. The first kappa shape index (κ1) is 25.4. The summed E-state index contributed by atoms with van der Waals surface area (Å²) in [6.07, 6.45) is 0.154. The van der Waals surface area contributed by atoms with E-state index in [2.05, 4.69) is 60.6 Å². The molecule has 1 aliphatic heterocycles. The third-order valence-corrected chi connectivity index (χ3v) is 6.20. The third-order valence-electron chi connectivity index (χ3n) is 5.05. The SMILES string of the molecule is Cc1cccc(CSc2ccccc2NC(=O)CC2C(=O)NCCN2C(C)C)c1.O=CO. The fraction of sp³-hybridized carbons (Fsp3) is 0.375. The fourth-order valence-corrected chi connectivity index (χ4v) is 4.55. The van der Waals surface area contributed by atoms with E-state index in [1.54, 1.807) is 11.8 Å². The Bertz CT molecular complexity index is 920. The predicted octanol–water partition coefficient (Wildman–Crippen LogP) is 3.53. The minimum atomic E-state index is -0.421. The number of carboxylic acid groups (broad SMARTS) is 1. The lowest BCUT2D eigenvalue weighted by molar-refractivity contribution is -0.133. The quantitative estimate of drug-likeness (QED) is 0.435. The van der Waals surface area contributed by atoms with Gasteiger partial charge in [-0.3, -0.25) is 19.3 Å². The Hall–Kier alpha value is -2.84. The second-order valence-electron chi connectivity index (χ2n) is 7.77. The highest BCUT2D eigenvalue weighted by Gasteiger charge is 2.33. The first-order valence-electron chi connectivity index (χ1n) is 10.5. The van der Waals surface area contributed by atoms with Gasteiger partial charge in [0.2, 0.25) is 11.8 Å². The van der Waals surface area contributed by atoms with Gasteiger partial charge in [-0.05, 0) is 38.5 Å². The lowest BCUT2D eigenvalue weighted by Crippen LogP contribution is -2.58. The van der Waals surface area contributed by atoms with Gasteiger partial charge in [0, 0.05) is 29.8 Å². The Balaban J connectivity index is 0.00000114. The normalized spacial score (nSPS) is 16.0. The zero-order valence-electron chi connectivity index (χ0n) is 18.7. The zero-order chi connectivity index (χ0) is 23.5. The molecule has 3 N–H and O–H groups in total. The van der Waals surface area contributed by atoms with E-state index in [9.17, 15) is 9.59 Å². The number of rotatable bonds is 7. The Morgan fingerprint density at radius 3 is 2.69 bits per heavy atom. The summed E-state index contributed by atoms with van der Waals surface area (Å²) in [5.41, 5.74) is 3.29. The van der Waals surface area contributed by atoms with Crippen molar-refractivity contribution in [3.8, 4) is 0 Å². The van der Waals surface area contributed by atoms with Gasteiger partial charge in [-0.1, -0.05) is 42.0 Å². The lowest BCUT2D eigenvalue weighted by Gasteiger charge is -2.37. The van der Waals surface area contributed by atoms with Gasteiger partial charge in [-0.15, -0.1) is 11.8 Å². The van der Waals surface area contributed by atoms with Crippen molar-refractivity contribution in [2.45, 2.75) is 49.9 Å². The van der Waals surface area contributed by atoms with Crippen LogP contribution in [0.1, 0.15) is 31.4 Å². The van der Waals surface area contributed by atoms with Gasteiger partial charge in [-0.25, -0.2) is 0 Å². The Labute approximate surface area is 193 Å². The van der Waals surface area contributed by atoms with E-state index in [1.165, 1.54) is 11.1 Å². The van der Waals surface area contributed by atoms with Gasteiger partial charge in [0.15, 0.2) is 0 Å². The maximum atomic E-state index is 12.7. The van der Waals surface area contributed by atoms with Crippen LogP contribution in [0.4, 0.5) is 5.69 Å². The van der Waals surface area contributed by atoms with Gasteiger partial charge in [0.25, 0.3) is 6.47 Å². The van der Waals surface area contributed by atoms with Crippen LogP contribution in [-0.4, -0.2) is 53.5 Å². The van der Waals surface area contributed by atoms with Crippen LogP contribution in [0.5, 0.6) is 0 Å². The maximum Gasteiger partial charge on any atom is 0.290 e. The van der Waals surface area contributed by atoms with Crippen LogP contribution in [0.25, 0.3) is 0 Å². The molecule has 0 saturated carbocycles. The van der Waals surface area contributed by atoms with Crippen molar-refractivity contribution in [2.24, 2.45) is 0 Å². The molecule has 172 valence electrons. The van der Waals surface area contributed by atoms with Gasteiger partial charge >= 0.3 is 0 Å². The fourth-order valence-electron chi connectivity index (χ4n) is 3.60. The molecule has 1 atom stereocenters. The molecule has 2 amide bonds. The van der Waals surface area contributed by atoms with Crippen LogP contribution in [0.15, 0.2) is 53.4 Å². The van der Waals surface area contributed by atoms with E-state index >= 15 is 0 Å². The van der Waals surface area contributed by atoms with Crippen LogP contribution in [0.3, 0.4) is 0 Å². The monoisotopic (exact) mass is 457 g/mol. The minimum Gasteiger partial charge on any atom is -0.483 e. The number of aryl methyl sites for hydroxylation is 1. The highest BCUT2D eigenvalue weighted by Crippen LogP contribution is 2.30. The molecular weight excluding hydrogens is 426 g/mol. The molecule has 1 saturated heterocycles. The topological polar surface area (TPSA) is 98.7 Å². The van der Waals surface area contributed by atoms with Gasteiger partial charge in [0.05, 0.1) is 18.2 Å². The van der Waals surface area contributed by atoms with Gasteiger partial charge in [-0.2, -0.15) is 0 Å². The number of anilines is 1. The molecular formula is C24H31N3O4S. The number of piperazine rings is 1. The van der Waals surface area contributed by atoms with Crippen molar-refractivity contribution in [1.29, 1.82) is 0 Å². The minimum absolute atomic E-state index is 0.0674. The molecule has 0 aliphatic carbocycles. The molecule has 2 aromatic carbocycles. The first-order chi connectivity index (χ1) is 15.3. The third kappa shape index (κ3) is 7.69. The maximum absolute atomic E-state index is 12.7. The molecule has 1 aliphatic rings. The van der Waals surface area contributed by atoms with Crippen molar-refractivity contribution >= 4 is 35.7 Å². The Morgan fingerprint density at radius 1 is 1.28 bits per heavy atom. The van der Waals surface area contributed by atoms with E-state index in [4.69, 9.17) is 9.90 Å². The number of thioether (sulfide) groups is 1. The van der Waals surface area contributed by atoms with Crippen molar-refractivity contribution in [3.05, 3.63) is 59.7 Å². The molecule has 3 rings (SSSR count). The molecule has 2 aromatic rings. The largest absolute Gasteiger partial charge is 0.483 e. The summed E-state index contributed by atoms with van der Waals surface area (Å²) in [6, 6.07) is 16.1. The van der Waals surface area contributed by atoms with Crippen LogP contribution >= 0.6 is 11.8 Å². The highest BCUT2D eigenvalue weighted by atomic mass is 32.2. The molecule has 1 heterocycles. The van der Waals surface area contributed by atoms with Crippen molar-refractivity contribution in [3.63, 3.8) is 0 Å². The number of carbonyl (C=O) groups excluding carboxylic acids is 2. The number of nitrogens with one attached hydrogen (secondary N) is 2.